The van der Waals surface area contributed by atoms with Gasteiger partial charge < -0.3 is 9.47 Å². The number of carbonyl (C=O) groups is 1. The van der Waals surface area contributed by atoms with E-state index in [1.54, 1.807) is 6.92 Å². The first-order chi connectivity index (χ1) is 7.95. The molecule has 0 unspecified atom stereocenters. The Labute approximate surface area is 98.3 Å². The van der Waals surface area contributed by atoms with Crippen LogP contribution in [0, 0.1) is 17.0 Å². The highest BCUT2D eigenvalue weighted by Crippen LogP contribution is 2.28. The number of hydrogen-bond acceptors (Lipinski definition) is 5. The lowest BCUT2D eigenvalue weighted by Gasteiger charge is -2.08. The Hall–Kier alpha value is -2.11. The molecule has 1 aromatic rings. The summed E-state index contributed by atoms with van der Waals surface area (Å²) in [6.45, 7) is 2.82. The molecule has 6 heteroatoms. The SMILES string of the molecule is COc1cc(COC(C)=O)c([N+](=O)[O-])cc1C. The number of benzene rings is 1. The predicted molar refractivity (Wildman–Crippen MR) is 59.9 cm³/mol. The molecule has 0 aliphatic rings. The van der Waals surface area contributed by atoms with Crippen molar-refractivity contribution in [1.29, 1.82) is 0 Å². The van der Waals surface area contributed by atoms with E-state index in [4.69, 9.17) is 9.47 Å². The Morgan fingerprint density at radius 1 is 1.47 bits per heavy atom. The third kappa shape index (κ3) is 3.17. The van der Waals surface area contributed by atoms with E-state index in [2.05, 4.69) is 0 Å². The molecule has 0 fully saturated rings. The molecule has 0 radical (unpaired) electrons. The summed E-state index contributed by atoms with van der Waals surface area (Å²) in [5.41, 5.74) is 0.892. The van der Waals surface area contributed by atoms with Crippen molar-refractivity contribution in [3.63, 3.8) is 0 Å². The van der Waals surface area contributed by atoms with Gasteiger partial charge in [-0.15, -0.1) is 0 Å². The fourth-order valence-electron chi connectivity index (χ4n) is 1.40. The van der Waals surface area contributed by atoms with Crippen molar-refractivity contribution >= 4 is 11.7 Å². The van der Waals surface area contributed by atoms with Crippen LogP contribution in [0.4, 0.5) is 5.69 Å². The number of aryl methyl sites for hydroxylation is 1. The predicted octanol–water partition coefficient (Wildman–Crippen LogP) is 1.97. The molecular weight excluding hydrogens is 226 g/mol. The van der Waals surface area contributed by atoms with Crippen LogP contribution in [0.2, 0.25) is 0 Å². The van der Waals surface area contributed by atoms with Gasteiger partial charge in [0.2, 0.25) is 0 Å². The highest BCUT2D eigenvalue weighted by atomic mass is 16.6. The lowest BCUT2D eigenvalue weighted by Crippen LogP contribution is -2.03. The normalized spacial score (nSPS) is 9.82. The van der Waals surface area contributed by atoms with E-state index in [0.29, 0.717) is 16.9 Å². The van der Waals surface area contributed by atoms with E-state index in [0.717, 1.165) is 0 Å². The minimum Gasteiger partial charge on any atom is -0.496 e. The number of rotatable bonds is 4. The van der Waals surface area contributed by atoms with Crippen molar-refractivity contribution in [2.24, 2.45) is 0 Å². The molecule has 0 heterocycles. The lowest BCUT2D eigenvalue weighted by molar-refractivity contribution is -0.385. The van der Waals surface area contributed by atoms with Gasteiger partial charge in [-0.05, 0) is 18.6 Å². The number of nitro benzene ring substituents is 1. The van der Waals surface area contributed by atoms with Gasteiger partial charge in [-0.2, -0.15) is 0 Å². The molecule has 0 aliphatic heterocycles. The van der Waals surface area contributed by atoms with Crippen LogP contribution in [-0.4, -0.2) is 18.0 Å². The molecule has 6 nitrogen and oxygen atoms in total. The maximum absolute atomic E-state index is 10.8. The van der Waals surface area contributed by atoms with Gasteiger partial charge in [0.15, 0.2) is 0 Å². The Balaban J connectivity index is 3.14. The zero-order valence-corrected chi connectivity index (χ0v) is 9.85. The highest BCUT2D eigenvalue weighted by Gasteiger charge is 2.17. The molecule has 0 N–H and O–H groups in total. The molecule has 1 aromatic carbocycles. The number of hydrogen-bond donors (Lipinski definition) is 0. The smallest absolute Gasteiger partial charge is 0.302 e. The molecule has 0 amide bonds. The topological polar surface area (TPSA) is 78.7 Å². The third-order valence-corrected chi connectivity index (χ3v) is 2.22. The quantitative estimate of drug-likeness (QED) is 0.456. The summed E-state index contributed by atoms with van der Waals surface area (Å²) in [4.78, 5) is 21.0. The summed E-state index contributed by atoms with van der Waals surface area (Å²) in [7, 11) is 1.48. The second-order valence-corrected chi connectivity index (χ2v) is 3.49. The van der Waals surface area contributed by atoms with E-state index >= 15 is 0 Å². The Morgan fingerprint density at radius 3 is 2.59 bits per heavy atom. The summed E-state index contributed by atoms with van der Waals surface area (Å²) in [5, 5.41) is 10.8. The molecule has 0 atom stereocenters. The van der Waals surface area contributed by atoms with Crippen LogP contribution in [0.3, 0.4) is 0 Å². The van der Waals surface area contributed by atoms with Gasteiger partial charge in [-0.25, -0.2) is 0 Å². The molecule has 0 bridgehead atoms. The van der Waals surface area contributed by atoms with Crippen LogP contribution >= 0.6 is 0 Å². The van der Waals surface area contributed by atoms with Crippen LogP contribution in [-0.2, 0) is 16.1 Å². The molecule has 17 heavy (non-hydrogen) atoms. The van der Waals surface area contributed by atoms with Crippen LogP contribution in [0.15, 0.2) is 12.1 Å². The first kappa shape index (κ1) is 13.0. The fraction of sp³-hybridized carbons (Fsp3) is 0.364. The average molecular weight is 239 g/mol. The monoisotopic (exact) mass is 239 g/mol. The zero-order valence-electron chi connectivity index (χ0n) is 9.85. The van der Waals surface area contributed by atoms with Gasteiger partial charge in [0, 0.05) is 13.0 Å². The van der Waals surface area contributed by atoms with Gasteiger partial charge in [0.25, 0.3) is 5.69 Å². The van der Waals surface area contributed by atoms with Gasteiger partial charge in [0.05, 0.1) is 17.6 Å². The summed E-state index contributed by atoms with van der Waals surface area (Å²) < 4.78 is 9.82. The molecule has 1 rings (SSSR count). The maximum Gasteiger partial charge on any atom is 0.302 e. The van der Waals surface area contributed by atoms with Crippen molar-refractivity contribution in [3.8, 4) is 5.75 Å². The minimum absolute atomic E-state index is 0.0791. The van der Waals surface area contributed by atoms with Crippen molar-refractivity contribution in [3.05, 3.63) is 33.4 Å². The van der Waals surface area contributed by atoms with Gasteiger partial charge in [0.1, 0.15) is 12.4 Å². The van der Waals surface area contributed by atoms with Crippen LogP contribution in [0.25, 0.3) is 0 Å². The third-order valence-electron chi connectivity index (χ3n) is 2.22. The number of esters is 1. The molecule has 0 saturated heterocycles. The summed E-state index contributed by atoms with van der Waals surface area (Å²) in [6, 6.07) is 2.91. The zero-order chi connectivity index (χ0) is 13.0. The highest BCUT2D eigenvalue weighted by molar-refractivity contribution is 5.66. The standard InChI is InChI=1S/C11H13NO5/c1-7-4-10(12(14)15)9(5-11(7)16-3)6-17-8(2)13/h4-5H,6H2,1-3H3. The van der Waals surface area contributed by atoms with Gasteiger partial charge in [-0.1, -0.05) is 0 Å². The largest absolute Gasteiger partial charge is 0.496 e. The second-order valence-electron chi connectivity index (χ2n) is 3.49. The van der Waals surface area contributed by atoms with Crippen molar-refractivity contribution in [1.82, 2.24) is 0 Å². The number of methoxy groups -OCH3 is 1. The van der Waals surface area contributed by atoms with Crippen molar-refractivity contribution in [2.75, 3.05) is 7.11 Å². The van der Waals surface area contributed by atoms with E-state index in [9.17, 15) is 14.9 Å². The Morgan fingerprint density at radius 2 is 2.12 bits per heavy atom. The maximum atomic E-state index is 10.8. The first-order valence-corrected chi connectivity index (χ1v) is 4.91. The number of ether oxygens (including phenoxy) is 2. The average Bonchev–Trinajstić information content (AvgIpc) is 2.26. The molecule has 0 aliphatic carbocycles. The molecular formula is C11H13NO5. The van der Waals surface area contributed by atoms with Gasteiger partial charge in [-0.3, -0.25) is 14.9 Å². The molecule has 0 spiro atoms. The van der Waals surface area contributed by atoms with Crippen molar-refractivity contribution in [2.45, 2.75) is 20.5 Å². The van der Waals surface area contributed by atoms with Crippen LogP contribution in [0.5, 0.6) is 5.75 Å². The minimum atomic E-state index is -0.509. The molecule has 92 valence electrons. The lowest BCUT2D eigenvalue weighted by atomic mass is 10.1. The Bertz CT molecular complexity index is 455. The van der Waals surface area contributed by atoms with Crippen molar-refractivity contribution < 1.29 is 19.2 Å². The van der Waals surface area contributed by atoms with Crippen LogP contribution < -0.4 is 4.74 Å². The van der Waals surface area contributed by atoms with E-state index in [-0.39, 0.29) is 12.3 Å². The van der Waals surface area contributed by atoms with E-state index < -0.39 is 10.9 Å². The van der Waals surface area contributed by atoms with E-state index in [1.165, 1.54) is 26.2 Å². The summed E-state index contributed by atoms with van der Waals surface area (Å²) in [6.07, 6.45) is 0. The first-order valence-electron chi connectivity index (χ1n) is 4.91. The van der Waals surface area contributed by atoms with Crippen LogP contribution in [0.1, 0.15) is 18.1 Å². The second kappa shape index (κ2) is 5.29. The summed E-state index contributed by atoms with van der Waals surface area (Å²) in [5.74, 6) is 0.0385. The Kier molecular flexibility index (Phi) is 4.03. The number of carbonyl (C=O) groups excluding carboxylic acids is 1. The van der Waals surface area contributed by atoms with Gasteiger partial charge >= 0.3 is 5.97 Å². The number of nitro groups is 1. The summed E-state index contributed by atoms with van der Waals surface area (Å²) >= 11 is 0. The number of nitrogens with zero attached hydrogens (tertiary/aromatic N) is 1. The molecule has 0 saturated carbocycles. The van der Waals surface area contributed by atoms with E-state index in [1.807, 2.05) is 0 Å². The fourth-order valence-corrected chi connectivity index (χ4v) is 1.40. The molecule has 0 aromatic heterocycles.